The Labute approximate surface area is 94.2 Å². The molecule has 0 radical (unpaired) electrons. The summed E-state index contributed by atoms with van der Waals surface area (Å²) in [4.78, 5) is 0. The van der Waals surface area contributed by atoms with Crippen LogP contribution in [0.25, 0.3) is 11.1 Å². The van der Waals surface area contributed by atoms with Gasteiger partial charge in [0.05, 0.1) is 10.1 Å². The van der Waals surface area contributed by atoms with E-state index in [0.29, 0.717) is 10.1 Å². The van der Waals surface area contributed by atoms with Crippen LogP contribution in [0.15, 0.2) is 48.5 Å². The molecule has 0 spiro atoms. The molecule has 0 aliphatic heterocycles. The van der Waals surface area contributed by atoms with Crippen molar-refractivity contribution in [1.82, 2.24) is 0 Å². The molecule has 0 heterocycles. The first kappa shape index (κ1) is 11.1. The van der Waals surface area contributed by atoms with E-state index >= 15 is 0 Å². The minimum absolute atomic E-state index is 0.445. The molecule has 72 valence electrons. The third kappa shape index (κ3) is 2.28. The SMILES string of the molecule is C=CC(Cl)=C(Cl)c1ccccc1C=C. The third-order valence-corrected chi connectivity index (χ3v) is 2.65. The fourth-order valence-electron chi connectivity index (χ4n) is 1.09. The van der Waals surface area contributed by atoms with Gasteiger partial charge >= 0.3 is 0 Å². The van der Waals surface area contributed by atoms with Crippen molar-refractivity contribution in [3.8, 4) is 0 Å². The zero-order valence-electron chi connectivity index (χ0n) is 7.63. The monoisotopic (exact) mass is 224 g/mol. The normalized spacial score (nSPS) is 11.9. The Hall–Kier alpha value is -0.980. The summed E-state index contributed by atoms with van der Waals surface area (Å²) in [6.07, 6.45) is 3.26. The van der Waals surface area contributed by atoms with Crippen LogP contribution < -0.4 is 0 Å². The quantitative estimate of drug-likeness (QED) is 0.656. The highest BCUT2D eigenvalue weighted by atomic mass is 35.5. The molecule has 0 N–H and O–H groups in total. The largest absolute Gasteiger partial charge is 0.0984 e. The molecule has 0 aromatic heterocycles. The third-order valence-electron chi connectivity index (χ3n) is 1.81. The number of benzene rings is 1. The first-order valence-electron chi connectivity index (χ1n) is 4.10. The molecule has 1 aromatic rings. The van der Waals surface area contributed by atoms with E-state index in [1.54, 1.807) is 6.08 Å². The summed E-state index contributed by atoms with van der Waals surface area (Å²) < 4.78 is 0. The summed E-state index contributed by atoms with van der Waals surface area (Å²) in [5.41, 5.74) is 1.83. The lowest BCUT2D eigenvalue weighted by molar-refractivity contribution is 1.60. The first-order chi connectivity index (χ1) is 6.70. The van der Waals surface area contributed by atoms with Crippen LogP contribution in [0.5, 0.6) is 0 Å². The van der Waals surface area contributed by atoms with Crippen LogP contribution in [0.2, 0.25) is 0 Å². The van der Waals surface area contributed by atoms with Gasteiger partial charge in [-0.3, -0.25) is 0 Å². The van der Waals surface area contributed by atoms with Crippen LogP contribution in [-0.4, -0.2) is 0 Å². The van der Waals surface area contributed by atoms with Gasteiger partial charge in [-0.1, -0.05) is 66.7 Å². The predicted octanol–water partition coefficient (Wildman–Crippen LogP) is 4.66. The van der Waals surface area contributed by atoms with Crippen molar-refractivity contribution in [3.05, 3.63) is 59.7 Å². The van der Waals surface area contributed by atoms with Gasteiger partial charge < -0.3 is 0 Å². The van der Waals surface area contributed by atoms with Crippen molar-refractivity contribution in [2.24, 2.45) is 0 Å². The molecule has 0 saturated heterocycles. The summed E-state index contributed by atoms with van der Waals surface area (Å²) in [6, 6.07) is 7.65. The highest BCUT2D eigenvalue weighted by molar-refractivity contribution is 6.55. The molecule has 0 atom stereocenters. The maximum Gasteiger partial charge on any atom is 0.0670 e. The molecule has 14 heavy (non-hydrogen) atoms. The molecular formula is C12H10Cl2. The van der Waals surface area contributed by atoms with Crippen molar-refractivity contribution in [1.29, 1.82) is 0 Å². The standard InChI is InChI=1S/C12H10Cl2/c1-3-9-7-5-6-8-10(9)12(14)11(13)4-2/h3-8H,1-2H2. The minimum Gasteiger partial charge on any atom is -0.0984 e. The molecule has 0 bridgehead atoms. The van der Waals surface area contributed by atoms with Gasteiger partial charge in [0.2, 0.25) is 0 Å². The summed E-state index contributed by atoms with van der Waals surface area (Å²) >= 11 is 11.9. The van der Waals surface area contributed by atoms with Crippen LogP contribution in [0.4, 0.5) is 0 Å². The second kappa shape index (κ2) is 5.04. The maximum absolute atomic E-state index is 6.07. The molecule has 0 saturated carbocycles. The fraction of sp³-hybridized carbons (Fsp3) is 0. The van der Waals surface area contributed by atoms with Gasteiger partial charge in [-0.05, 0) is 11.6 Å². The lowest BCUT2D eigenvalue weighted by atomic mass is 10.1. The van der Waals surface area contributed by atoms with E-state index in [1.165, 1.54) is 6.08 Å². The van der Waals surface area contributed by atoms with Crippen molar-refractivity contribution in [2.45, 2.75) is 0 Å². The van der Waals surface area contributed by atoms with Gasteiger partial charge in [-0.2, -0.15) is 0 Å². The number of allylic oxidation sites excluding steroid dienone is 2. The lowest BCUT2D eigenvalue weighted by Gasteiger charge is -2.04. The molecule has 2 heteroatoms. The van der Waals surface area contributed by atoms with Crippen molar-refractivity contribution < 1.29 is 0 Å². The van der Waals surface area contributed by atoms with Gasteiger partial charge in [0.1, 0.15) is 0 Å². The molecule has 0 fully saturated rings. The van der Waals surface area contributed by atoms with E-state index < -0.39 is 0 Å². The highest BCUT2D eigenvalue weighted by Gasteiger charge is 2.05. The molecular weight excluding hydrogens is 215 g/mol. The van der Waals surface area contributed by atoms with Crippen LogP contribution in [0.1, 0.15) is 11.1 Å². The average molecular weight is 225 g/mol. The fourth-order valence-corrected chi connectivity index (χ4v) is 1.44. The average Bonchev–Trinajstić information content (AvgIpc) is 2.26. The Balaban J connectivity index is 3.32. The Kier molecular flexibility index (Phi) is 3.99. The molecule has 0 amide bonds. The first-order valence-corrected chi connectivity index (χ1v) is 4.86. The topological polar surface area (TPSA) is 0 Å². The van der Waals surface area contributed by atoms with Gasteiger partial charge in [-0.15, -0.1) is 0 Å². The number of hydrogen-bond donors (Lipinski definition) is 0. The van der Waals surface area contributed by atoms with E-state index in [0.717, 1.165) is 11.1 Å². The van der Waals surface area contributed by atoms with E-state index in [-0.39, 0.29) is 0 Å². The van der Waals surface area contributed by atoms with Crippen LogP contribution in [-0.2, 0) is 0 Å². The summed E-state index contributed by atoms with van der Waals surface area (Å²) in [7, 11) is 0. The second-order valence-corrected chi connectivity index (χ2v) is 3.44. The van der Waals surface area contributed by atoms with Crippen molar-refractivity contribution >= 4 is 34.3 Å². The number of hydrogen-bond acceptors (Lipinski definition) is 0. The predicted molar refractivity (Wildman–Crippen MR) is 65.4 cm³/mol. The molecule has 1 aromatic carbocycles. The summed E-state index contributed by atoms with van der Waals surface area (Å²) in [5, 5.41) is 0.943. The Morgan fingerprint density at radius 2 is 1.79 bits per heavy atom. The summed E-state index contributed by atoms with van der Waals surface area (Å²) in [6.45, 7) is 7.27. The molecule has 0 nitrogen and oxygen atoms in total. The minimum atomic E-state index is 0.445. The molecule has 0 unspecified atom stereocenters. The van der Waals surface area contributed by atoms with Gasteiger partial charge in [0, 0.05) is 5.56 Å². The second-order valence-electron chi connectivity index (χ2n) is 2.66. The van der Waals surface area contributed by atoms with Crippen LogP contribution >= 0.6 is 23.2 Å². The Bertz CT molecular complexity index is 389. The van der Waals surface area contributed by atoms with E-state index in [1.807, 2.05) is 24.3 Å². The van der Waals surface area contributed by atoms with E-state index in [2.05, 4.69) is 13.2 Å². The van der Waals surface area contributed by atoms with E-state index in [4.69, 9.17) is 23.2 Å². The smallest absolute Gasteiger partial charge is 0.0670 e. The summed E-state index contributed by atoms with van der Waals surface area (Å²) in [5.74, 6) is 0. The Morgan fingerprint density at radius 1 is 1.14 bits per heavy atom. The Morgan fingerprint density at radius 3 is 2.36 bits per heavy atom. The maximum atomic E-state index is 6.07. The van der Waals surface area contributed by atoms with Gasteiger partial charge in [-0.25, -0.2) is 0 Å². The molecule has 1 rings (SSSR count). The highest BCUT2D eigenvalue weighted by Crippen LogP contribution is 2.28. The number of halogens is 2. The zero-order chi connectivity index (χ0) is 10.6. The lowest BCUT2D eigenvalue weighted by Crippen LogP contribution is -1.84. The van der Waals surface area contributed by atoms with Gasteiger partial charge in [0.15, 0.2) is 0 Å². The van der Waals surface area contributed by atoms with Crippen LogP contribution in [0.3, 0.4) is 0 Å². The molecule has 0 aliphatic carbocycles. The van der Waals surface area contributed by atoms with Crippen molar-refractivity contribution in [3.63, 3.8) is 0 Å². The van der Waals surface area contributed by atoms with Gasteiger partial charge in [0.25, 0.3) is 0 Å². The van der Waals surface area contributed by atoms with Crippen LogP contribution in [0, 0.1) is 0 Å². The number of rotatable bonds is 3. The van der Waals surface area contributed by atoms with E-state index in [9.17, 15) is 0 Å². The zero-order valence-corrected chi connectivity index (χ0v) is 9.15. The van der Waals surface area contributed by atoms with Crippen molar-refractivity contribution in [2.75, 3.05) is 0 Å². The molecule has 0 aliphatic rings.